The van der Waals surface area contributed by atoms with Gasteiger partial charge in [0.25, 0.3) is 0 Å². The summed E-state index contributed by atoms with van der Waals surface area (Å²) in [6.07, 6.45) is 10.5. The molecule has 0 spiro atoms. The van der Waals surface area contributed by atoms with E-state index in [2.05, 4.69) is 80.1 Å². The van der Waals surface area contributed by atoms with E-state index in [-0.39, 0.29) is 6.04 Å². The molecule has 2 saturated carbocycles. The molecule has 0 radical (unpaired) electrons. The monoisotopic (exact) mass is 430 g/mol. The number of aromatic nitrogens is 4. The molecule has 0 saturated heterocycles. The van der Waals surface area contributed by atoms with Crippen LogP contribution in [0.4, 0.5) is 0 Å². The van der Waals surface area contributed by atoms with Crippen molar-refractivity contribution < 1.29 is 0 Å². The molecule has 1 aromatic heterocycles. The molecule has 2 aliphatic rings. The molecule has 2 aliphatic carbocycles. The fourth-order valence-corrected chi connectivity index (χ4v) is 5.32. The van der Waals surface area contributed by atoms with Crippen molar-refractivity contribution in [1.29, 1.82) is 0 Å². The molecule has 0 amide bonds. The van der Waals surface area contributed by atoms with Gasteiger partial charge in [0.1, 0.15) is 0 Å². The quantitative estimate of drug-likeness (QED) is 0.587. The van der Waals surface area contributed by atoms with Gasteiger partial charge < -0.3 is 11.1 Å². The minimum Gasteiger partial charge on any atom is -0.328 e. The predicted octanol–water partition coefficient (Wildman–Crippen LogP) is 4.79. The summed E-state index contributed by atoms with van der Waals surface area (Å²) < 4.78 is 2.11. The fraction of sp³-hybridized carbons (Fsp3) is 0.500. The van der Waals surface area contributed by atoms with Gasteiger partial charge in [-0.25, -0.2) is 4.68 Å². The second kappa shape index (κ2) is 9.92. The molecule has 6 heteroatoms. The average molecular weight is 431 g/mol. The number of nitrogens with zero attached hydrogens (tertiary/aromatic N) is 4. The lowest BCUT2D eigenvalue weighted by Gasteiger charge is -2.31. The van der Waals surface area contributed by atoms with E-state index in [1.54, 1.807) is 0 Å². The summed E-state index contributed by atoms with van der Waals surface area (Å²) in [4.78, 5) is 0. The predicted molar refractivity (Wildman–Crippen MR) is 127 cm³/mol. The summed E-state index contributed by atoms with van der Waals surface area (Å²) in [7, 11) is 0. The van der Waals surface area contributed by atoms with E-state index in [0.717, 1.165) is 44.3 Å². The van der Waals surface area contributed by atoms with E-state index in [0.29, 0.717) is 18.1 Å². The Morgan fingerprint density at radius 1 is 0.812 bits per heavy atom. The third-order valence-electron chi connectivity index (χ3n) is 7.22. The third kappa shape index (κ3) is 4.76. The molecule has 2 aromatic carbocycles. The molecule has 1 atom stereocenters. The summed E-state index contributed by atoms with van der Waals surface area (Å²) in [6.45, 7) is 0. The van der Waals surface area contributed by atoms with Crippen LogP contribution in [0.3, 0.4) is 0 Å². The van der Waals surface area contributed by atoms with Crippen molar-refractivity contribution in [1.82, 2.24) is 25.5 Å². The Balaban J connectivity index is 1.44. The smallest absolute Gasteiger partial charge is 0.173 e. The standard InChI is InChI=1S/C26H34N6/c27-22-15-17-23(18-16-22)28-25(26-29-30-31-32(26)24-9-5-2-6-10-24)21-13-11-20(12-14-21)19-7-3-1-4-8-19/h1,3-4,7-8,11-14,22-25,28H,2,5-6,9-10,15-18,27H2. The van der Waals surface area contributed by atoms with Crippen molar-refractivity contribution in [3.8, 4) is 11.1 Å². The number of tetrazole rings is 1. The van der Waals surface area contributed by atoms with Gasteiger partial charge in [0.15, 0.2) is 5.82 Å². The molecule has 1 unspecified atom stereocenters. The summed E-state index contributed by atoms with van der Waals surface area (Å²) in [5.74, 6) is 0.944. The van der Waals surface area contributed by atoms with E-state index in [4.69, 9.17) is 5.73 Å². The molecule has 3 aromatic rings. The van der Waals surface area contributed by atoms with Gasteiger partial charge in [-0.15, -0.1) is 5.10 Å². The first kappa shape index (κ1) is 21.3. The second-order valence-electron chi connectivity index (χ2n) is 9.47. The molecule has 32 heavy (non-hydrogen) atoms. The van der Waals surface area contributed by atoms with Crippen LogP contribution in [0, 0.1) is 0 Å². The number of nitrogens with one attached hydrogen (secondary N) is 1. The summed E-state index contributed by atoms with van der Waals surface area (Å²) >= 11 is 0. The number of hydrogen-bond donors (Lipinski definition) is 2. The van der Waals surface area contributed by atoms with Crippen LogP contribution >= 0.6 is 0 Å². The largest absolute Gasteiger partial charge is 0.328 e. The first-order chi connectivity index (χ1) is 15.8. The number of hydrogen-bond acceptors (Lipinski definition) is 5. The Kier molecular flexibility index (Phi) is 6.60. The van der Waals surface area contributed by atoms with Crippen molar-refractivity contribution in [2.24, 2.45) is 5.73 Å². The third-order valence-corrected chi connectivity index (χ3v) is 7.22. The maximum absolute atomic E-state index is 6.16. The zero-order chi connectivity index (χ0) is 21.8. The van der Waals surface area contributed by atoms with Gasteiger partial charge in [-0.2, -0.15) is 0 Å². The van der Waals surface area contributed by atoms with Gasteiger partial charge in [0.2, 0.25) is 0 Å². The Morgan fingerprint density at radius 2 is 1.50 bits per heavy atom. The van der Waals surface area contributed by atoms with E-state index in [1.807, 2.05) is 0 Å². The van der Waals surface area contributed by atoms with Crippen LogP contribution in [0.25, 0.3) is 11.1 Å². The highest BCUT2D eigenvalue weighted by atomic mass is 15.6. The molecular weight excluding hydrogens is 396 g/mol. The average Bonchev–Trinajstić information content (AvgIpc) is 3.35. The lowest BCUT2D eigenvalue weighted by Crippen LogP contribution is -2.40. The Morgan fingerprint density at radius 3 is 2.22 bits per heavy atom. The van der Waals surface area contributed by atoms with Crippen LogP contribution in [0.15, 0.2) is 54.6 Å². The highest BCUT2D eigenvalue weighted by Crippen LogP contribution is 2.32. The number of nitrogens with two attached hydrogens (primary N) is 1. The van der Waals surface area contributed by atoms with Crippen LogP contribution in [-0.4, -0.2) is 32.3 Å². The maximum Gasteiger partial charge on any atom is 0.173 e. The minimum absolute atomic E-state index is 0.0175. The van der Waals surface area contributed by atoms with Gasteiger partial charge in [0, 0.05) is 12.1 Å². The molecule has 3 N–H and O–H groups in total. The molecule has 1 heterocycles. The lowest BCUT2D eigenvalue weighted by molar-refractivity contribution is 0.293. The van der Waals surface area contributed by atoms with Crippen molar-refractivity contribution in [2.45, 2.75) is 82.0 Å². The van der Waals surface area contributed by atoms with Gasteiger partial charge in [-0.1, -0.05) is 73.9 Å². The molecule has 5 rings (SSSR count). The second-order valence-corrected chi connectivity index (χ2v) is 9.47. The lowest BCUT2D eigenvalue weighted by atomic mass is 9.90. The maximum atomic E-state index is 6.16. The highest BCUT2D eigenvalue weighted by molar-refractivity contribution is 5.63. The first-order valence-corrected chi connectivity index (χ1v) is 12.2. The highest BCUT2D eigenvalue weighted by Gasteiger charge is 2.29. The molecule has 0 aliphatic heterocycles. The van der Waals surface area contributed by atoms with Crippen LogP contribution in [0.1, 0.15) is 81.3 Å². The topological polar surface area (TPSA) is 81.7 Å². The summed E-state index contributed by atoms with van der Waals surface area (Å²) in [5, 5.41) is 17.0. The fourth-order valence-electron chi connectivity index (χ4n) is 5.32. The first-order valence-electron chi connectivity index (χ1n) is 12.2. The van der Waals surface area contributed by atoms with Crippen molar-refractivity contribution >= 4 is 0 Å². The molecule has 2 fully saturated rings. The number of benzene rings is 2. The minimum atomic E-state index is -0.0175. The van der Waals surface area contributed by atoms with E-state index < -0.39 is 0 Å². The van der Waals surface area contributed by atoms with E-state index >= 15 is 0 Å². The van der Waals surface area contributed by atoms with Gasteiger partial charge >= 0.3 is 0 Å². The zero-order valence-electron chi connectivity index (χ0n) is 18.7. The van der Waals surface area contributed by atoms with E-state index in [9.17, 15) is 0 Å². The molecule has 0 bridgehead atoms. The molecular formula is C26H34N6. The van der Waals surface area contributed by atoms with Gasteiger partial charge in [-0.3, -0.25) is 0 Å². The van der Waals surface area contributed by atoms with Gasteiger partial charge in [0.05, 0.1) is 12.1 Å². The van der Waals surface area contributed by atoms with Crippen molar-refractivity contribution in [3.05, 3.63) is 66.0 Å². The summed E-state index contributed by atoms with van der Waals surface area (Å²) in [5.41, 5.74) is 9.84. The van der Waals surface area contributed by atoms with Crippen molar-refractivity contribution in [3.63, 3.8) is 0 Å². The SMILES string of the molecule is NC1CCC(NC(c2ccc(-c3ccccc3)cc2)c2nnnn2C2CCCCC2)CC1. The van der Waals surface area contributed by atoms with Crippen LogP contribution in [0.2, 0.25) is 0 Å². The zero-order valence-corrected chi connectivity index (χ0v) is 18.7. The van der Waals surface area contributed by atoms with E-state index in [1.165, 1.54) is 36.0 Å². The van der Waals surface area contributed by atoms with Gasteiger partial charge in [-0.05, 0) is 65.6 Å². The Hall–Kier alpha value is -2.57. The van der Waals surface area contributed by atoms with Crippen LogP contribution in [-0.2, 0) is 0 Å². The molecule has 168 valence electrons. The Labute approximate surface area is 190 Å². The van der Waals surface area contributed by atoms with Crippen LogP contribution in [0.5, 0.6) is 0 Å². The van der Waals surface area contributed by atoms with Crippen molar-refractivity contribution in [2.75, 3.05) is 0 Å². The number of rotatable bonds is 6. The summed E-state index contributed by atoms with van der Waals surface area (Å²) in [6, 6.07) is 20.6. The normalized spacial score (nSPS) is 23.2. The van der Waals surface area contributed by atoms with Crippen LogP contribution < -0.4 is 11.1 Å². The molecule has 6 nitrogen and oxygen atoms in total. The Bertz CT molecular complexity index is 969.